The summed E-state index contributed by atoms with van der Waals surface area (Å²) in [4.78, 5) is 24.5. The second-order valence-electron chi connectivity index (χ2n) is 3.84. The molecule has 1 aromatic carbocycles. The molecule has 0 saturated carbocycles. The highest BCUT2D eigenvalue weighted by atomic mass is 16.2. The summed E-state index contributed by atoms with van der Waals surface area (Å²) in [5.74, 6) is 0.00906. The Kier molecular flexibility index (Phi) is 2.54. The number of fused-ring (bicyclic) bond motifs is 1. The molecule has 1 heterocycles. The Labute approximate surface area is 88.7 Å². The van der Waals surface area contributed by atoms with Crippen molar-refractivity contribution < 1.29 is 9.59 Å². The summed E-state index contributed by atoms with van der Waals surface area (Å²) < 4.78 is 0. The Morgan fingerprint density at radius 2 is 2.13 bits per heavy atom. The van der Waals surface area contributed by atoms with Crippen molar-refractivity contribution in [1.29, 1.82) is 0 Å². The van der Waals surface area contributed by atoms with Crippen molar-refractivity contribution in [3.63, 3.8) is 0 Å². The van der Waals surface area contributed by atoms with Gasteiger partial charge >= 0.3 is 0 Å². The van der Waals surface area contributed by atoms with Gasteiger partial charge in [0.15, 0.2) is 0 Å². The number of carbonyl (C=O) groups excluding carboxylic acids is 2. The quantitative estimate of drug-likeness (QED) is 0.726. The number of ketones is 1. The molecule has 3 heteroatoms. The molecule has 78 valence electrons. The Bertz CT molecular complexity index is 412. The number of hydrogen-bond acceptors (Lipinski definition) is 2. The molecule has 1 aliphatic rings. The van der Waals surface area contributed by atoms with E-state index >= 15 is 0 Å². The molecule has 0 unspecified atom stereocenters. The fraction of sp³-hybridized carbons (Fsp3) is 0.333. The minimum atomic E-state index is -0.0212. The van der Waals surface area contributed by atoms with Crippen LogP contribution in [0.3, 0.4) is 0 Å². The molecule has 0 atom stereocenters. The van der Waals surface area contributed by atoms with Gasteiger partial charge in [0.25, 0.3) is 5.91 Å². The topological polar surface area (TPSA) is 37.4 Å². The van der Waals surface area contributed by atoms with Gasteiger partial charge < -0.3 is 4.90 Å². The molecule has 0 radical (unpaired) electrons. The van der Waals surface area contributed by atoms with Crippen molar-refractivity contribution in [2.24, 2.45) is 0 Å². The van der Waals surface area contributed by atoms with Crippen molar-refractivity contribution >= 4 is 11.7 Å². The predicted octanol–water partition coefficient (Wildman–Crippen LogP) is 1.27. The van der Waals surface area contributed by atoms with Crippen molar-refractivity contribution in [1.82, 2.24) is 4.90 Å². The Balaban J connectivity index is 2.26. The van der Waals surface area contributed by atoms with Crippen molar-refractivity contribution in [3.05, 3.63) is 35.4 Å². The third-order valence-electron chi connectivity index (χ3n) is 2.60. The summed E-state index contributed by atoms with van der Waals surface area (Å²) in [5, 5.41) is 0. The number of nitrogens with zero attached hydrogens (tertiary/aromatic N) is 1. The monoisotopic (exact) mass is 203 g/mol. The van der Waals surface area contributed by atoms with E-state index in [1.54, 1.807) is 4.90 Å². The summed E-state index contributed by atoms with van der Waals surface area (Å²) in [6.45, 7) is 2.39. The molecule has 0 bridgehead atoms. The fourth-order valence-electron chi connectivity index (χ4n) is 1.89. The number of benzene rings is 1. The van der Waals surface area contributed by atoms with Crippen molar-refractivity contribution in [2.75, 3.05) is 13.1 Å². The first kappa shape index (κ1) is 9.90. The molecule has 3 nitrogen and oxygen atoms in total. The largest absolute Gasteiger partial charge is 0.331 e. The zero-order valence-electron chi connectivity index (χ0n) is 8.69. The third-order valence-corrected chi connectivity index (χ3v) is 2.60. The highest BCUT2D eigenvalue weighted by molar-refractivity contribution is 5.98. The van der Waals surface area contributed by atoms with Crippen LogP contribution in [0, 0.1) is 0 Å². The van der Waals surface area contributed by atoms with Gasteiger partial charge in [-0.3, -0.25) is 9.59 Å². The minimum Gasteiger partial charge on any atom is -0.331 e. The maximum atomic E-state index is 11.9. The molecule has 0 saturated heterocycles. The first-order valence-electron chi connectivity index (χ1n) is 5.05. The average molecular weight is 203 g/mol. The standard InChI is InChI=1S/C12H13NO2/c1-9(14)8-13-7-6-10-4-2-3-5-11(10)12(13)15/h2-5H,6-8H2,1H3. The molecule has 1 amide bonds. The SMILES string of the molecule is CC(=O)CN1CCc2ccccc2C1=O. The van der Waals surface area contributed by atoms with E-state index in [0.29, 0.717) is 6.54 Å². The first-order chi connectivity index (χ1) is 7.18. The maximum Gasteiger partial charge on any atom is 0.254 e. The van der Waals surface area contributed by atoms with E-state index in [4.69, 9.17) is 0 Å². The number of hydrogen-bond donors (Lipinski definition) is 0. The Hall–Kier alpha value is -1.64. The number of amides is 1. The summed E-state index contributed by atoms with van der Waals surface area (Å²) in [5.41, 5.74) is 1.83. The second-order valence-corrected chi connectivity index (χ2v) is 3.84. The van der Waals surface area contributed by atoms with E-state index in [1.807, 2.05) is 24.3 Å². The van der Waals surface area contributed by atoms with Crippen LogP contribution in [0.2, 0.25) is 0 Å². The highest BCUT2D eigenvalue weighted by Gasteiger charge is 2.24. The third kappa shape index (κ3) is 1.91. The molecule has 2 rings (SSSR count). The zero-order chi connectivity index (χ0) is 10.8. The number of rotatable bonds is 2. The van der Waals surface area contributed by atoms with E-state index in [0.717, 1.165) is 17.5 Å². The Morgan fingerprint density at radius 1 is 1.40 bits per heavy atom. The van der Waals surface area contributed by atoms with Crippen LogP contribution in [-0.2, 0) is 11.2 Å². The van der Waals surface area contributed by atoms with Crippen LogP contribution in [-0.4, -0.2) is 29.7 Å². The highest BCUT2D eigenvalue weighted by Crippen LogP contribution is 2.18. The second kappa shape index (κ2) is 3.85. The molecule has 0 aliphatic carbocycles. The van der Waals surface area contributed by atoms with Crippen LogP contribution < -0.4 is 0 Å². The molecule has 15 heavy (non-hydrogen) atoms. The van der Waals surface area contributed by atoms with Gasteiger partial charge in [-0.25, -0.2) is 0 Å². The van der Waals surface area contributed by atoms with E-state index in [-0.39, 0.29) is 18.2 Å². The molecule has 0 fully saturated rings. The van der Waals surface area contributed by atoms with Gasteiger partial charge in [-0.15, -0.1) is 0 Å². The first-order valence-corrected chi connectivity index (χ1v) is 5.05. The Morgan fingerprint density at radius 3 is 2.87 bits per heavy atom. The molecule has 0 N–H and O–H groups in total. The van der Waals surface area contributed by atoms with Gasteiger partial charge in [0, 0.05) is 12.1 Å². The molecular formula is C12H13NO2. The lowest BCUT2D eigenvalue weighted by Gasteiger charge is -2.27. The summed E-state index contributed by atoms with van der Waals surface area (Å²) in [6.07, 6.45) is 0.842. The fourth-order valence-corrected chi connectivity index (χ4v) is 1.89. The summed E-state index contributed by atoms with van der Waals surface area (Å²) >= 11 is 0. The molecule has 0 aromatic heterocycles. The van der Waals surface area contributed by atoms with Crippen LogP contribution in [0.4, 0.5) is 0 Å². The lowest BCUT2D eigenvalue weighted by molar-refractivity contribution is -0.117. The van der Waals surface area contributed by atoms with Crippen LogP contribution >= 0.6 is 0 Å². The van der Waals surface area contributed by atoms with Crippen molar-refractivity contribution in [2.45, 2.75) is 13.3 Å². The van der Waals surface area contributed by atoms with Crippen LogP contribution in [0.15, 0.2) is 24.3 Å². The van der Waals surface area contributed by atoms with Gasteiger partial charge in [-0.05, 0) is 25.0 Å². The lowest BCUT2D eigenvalue weighted by atomic mass is 9.99. The summed E-state index contributed by atoms with van der Waals surface area (Å²) in [6, 6.07) is 7.59. The molecular weight excluding hydrogens is 190 g/mol. The van der Waals surface area contributed by atoms with E-state index < -0.39 is 0 Å². The van der Waals surface area contributed by atoms with E-state index in [9.17, 15) is 9.59 Å². The molecule has 1 aromatic rings. The van der Waals surface area contributed by atoms with E-state index in [1.165, 1.54) is 6.92 Å². The van der Waals surface area contributed by atoms with Gasteiger partial charge in [0.05, 0.1) is 6.54 Å². The predicted molar refractivity (Wildman–Crippen MR) is 56.7 cm³/mol. The lowest BCUT2D eigenvalue weighted by Crippen LogP contribution is -2.40. The number of carbonyl (C=O) groups is 2. The smallest absolute Gasteiger partial charge is 0.254 e. The van der Waals surface area contributed by atoms with Crippen LogP contribution in [0.1, 0.15) is 22.8 Å². The van der Waals surface area contributed by atoms with Crippen LogP contribution in [0.25, 0.3) is 0 Å². The minimum absolute atomic E-state index is 0.0212. The van der Waals surface area contributed by atoms with Gasteiger partial charge in [0.2, 0.25) is 0 Å². The van der Waals surface area contributed by atoms with E-state index in [2.05, 4.69) is 0 Å². The maximum absolute atomic E-state index is 11.9. The van der Waals surface area contributed by atoms with Gasteiger partial charge in [0.1, 0.15) is 5.78 Å². The number of Topliss-reactive ketones (excluding diaryl/α,β-unsaturated/α-hetero) is 1. The normalized spacial score (nSPS) is 15.0. The molecule has 0 spiro atoms. The van der Waals surface area contributed by atoms with Gasteiger partial charge in [-0.1, -0.05) is 18.2 Å². The van der Waals surface area contributed by atoms with Gasteiger partial charge in [-0.2, -0.15) is 0 Å². The zero-order valence-corrected chi connectivity index (χ0v) is 8.69. The average Bonchev–Trinajstić information content (AvgIpc) is 2.22. The summed E-state index contributed by atoms with van der Waals surface area (Å²) in [7, 11) is 0. The van der Waals surface area contributed by atoms with Crippen LogP contribution in [0.5, 0.6) is 0 Å². The molecule has 1 aliphatic heterocycles. The van der Waals surface area contributed by atoms with Crippen molar-refractivity contribution in [3.8, 4) is 0 Å².